The van der Waals surface area contributed by atoms with Crippen LogP contribution in [0, 0.1) is 12.7 Å². The van der Waals surface area contributed by atoms with E-state index < -0.39 is 5.82 Å². The summed E-state index contributed by atoms with van der Waals surface area (Å²) in [5.74, 6) is 1.70. The molecule has 4 aromatic rings. The highest BCUT2D eigenvalue weighted by Crippen LogP contribution is 2.26. The van der Waals surface area contributed by atoms with E-state index in [1.165, 1.54) is 17.8 Å². The van der Waals surface area contributed by atoms with Gasteiger partial charge < -0.3 is 9.26 Å². The van der Waals surface area contributed by atoms with Crippen LogP contribution in [0.2, 0.25) is 0 Å². The van der Waals surface area contributed by atoms with Gasteiger partial charge in [0.15, 0.2) is 22.5 Å². The first-order valence-corrected chi connectivity index (χ1v) is 9.61. The summed E-state index contributed by atoms with van der Waals surface area (Å²) in [6, 6.07) is 17.9. The lowest BCUT2D eigenvalue weighted by molar-refractivity contribution is 0.278. The molecule has 0 saturated heterocycles. The van der Waals surface area contributed by atoms with E-state index in [4.69, 9.17) is 9.26 Å². The summed E-state index contributed by atoms with van der Waals surface area (Å²) >= 11 is 1.49. The van der Waals surface area contributed by atoms with Crippen molar-refractivity contribution in [1.82, 2.24) is 19.9 Å². The number of halogens is 1. The van der Waals surface area contributed by atoms with Crippen molar-refractivity contribution in [3.05, 3.63) is 83.8 Å². The molecule has 0 radical (unpaired) electrons. The quantitative estimate of drug-likeness (QED) is 0.426. The van der Waals surface area contributed by atoms with Crippen molar-refractivity contribution >= 4 is 11.8 Å². The molecular formula is C20H17FN4O2S. The van der Waals surface area contributed by atoms with Crippen LogP contribution in [0.1, 0.15) is 17.3 Å². The Hall–Kier alpha value is -3.13. The summed E-state index contributed by atoms with van der Waals surface area (Å²) in [4.78, 5) is 0. The summed E-state index contributed by atoms with van der Waals surface area (Å²) in [6.45, 7) is 1.94. The number of aryl methyl sites for hydroxylation is 1. The minimum Gasteiger partial charge on any atom is -0.483 e. The van der Waals surface area contributed by atoms with Crippen LogP contribution in [0.3, 0.4) is 0 Å². The van der Waals surface area contributed by atoms with Gasteiger partial charge in [0, 0.05) is 17.5 Å². The fourth-order valence-corrected chi connectivity index (χ4v) is 3.50. The molecule has 0 bridgehead atoms. The molecule has 0 atom stereocenters. The number of benzene rings is 2. The predicted octanol–water partition coefficient (Wildman–Crippen LogP) is 4.57. The smallest absolute Gasteiger partial charge is 0.196 e. The zero-order valence-electron chi connectivity index (χ0n) is 15.1. The number of para-hydroxylation sites is 2. The molecule has 0 unspecified atom stereocenters. The highest BCUT2D eigenvalue weighted by molar-refractivity contribution is 7.98. The van der Waals surface area contributed by atoms with Gasteiger partial charge in [0.25, 0.3) is 0 Å². The number of ether oxygens (including phenoxy) is 1. The van der Waals surface area contributed by atoms with Crippen LogP contribution in [-0.4, -0.2) is 19.9 Å². The lowest BCUT2D eigenvalue weighted by Crippen LogP contribution is -2.07. The number of nitrogens with zero attached hydrogens (tertiary/aromatic N) is 4. The van der Waals surface area contributed by atoms with Crippen LogP contribution >= 0.6 is 11.8 Å². The van der Waals surface area contributed by atoms with Gasteiger partial charge in [-0.05, 0) is 31.2 Å². The van der Waals surface area contributed by atoms with Gasteiger partial charge in [0.1, 0.15) is 12.4 Å². The molecule has 4 rings (SSSR count). The summed E-state index contributed by atoms with van der Waals surface area (Å²) in [6.07, 6.45) is 0. The second-order valence-corrected chi connectivity index (χ2v) is 6.95. The minimum absolute atomic E-state index is 0.0897. The second kappa shape index (κ2) is 8.26. The van der Waals surface area contributed by atoms with Gasteiger partial charge in [-0.3, -0.25) is 4.57 Å². The lowest BCUT2D eigenvalue weighted by atomic mass is 10.3. The van der Waals surface area contributed by atoms with E-state index in [9.17, 15) is 4.39 Å². The number of hydrogen-bond donors (Lipinski definition) is 0. The van der Waals surface area contributed by atoms with E-state index in [-0.39, 0.29) is 12.4 Å². The lowest BCUT2D eigenvalue weighted by Gasteiger charge is -2.11. The van der Waals surface area contributed by atoms with Gasteiger partial charge in [-0.25, -0.2) is 4.39 Å². The third-order valence-electron chi connectivity index (χ3n) is 3.93. The van der Waals surface area contributed by atoms with E-state index >= 15 is 0 Å². The zero-order chi connectivity index (χ0) is 19.3. The molecule has 2 aromatic heterocycles. The molecule has 142 valence electrons. The van der Waals surface area contributed by atoms with E-state index in [1.807, 2.05) is 47.9 Å². The molecule has 0 aliphatic rings. The monoisotopic (exact) mass is 396 g/mol. The molecular weight excluding hydrogens is 379 g/mol. The SMILES string of the molecule is Cc1cc(CSc2nnc(COc3ccccc3F)n2-c2ccccc2)no1. The van der Waals surface area contributed by atoms with Crippen LogP contribution in [-0.2, 0) is 12.4 Å². The van der Waals surface area contributed by atoms with Gasteiger partial charge in [-0.1, -0.05) is 47.3 Å². The average Bonchev–Trinajstić information content (AvgIpc) is 3.32. The zero-order valence-corrected chi connectivity index (χ0v) is 15.9. The molecule has 2 heterocycles. The number of hydrogen-bond acceptors (Lipinski definition) is 6. The summed E-state index contributed by atoms with van der Waals surface area (Å²) in [7, 11) is 0. The van der Waals surface area contributed by atoms with Gasteiger partial charge >= 0.3 is 0 Å². The Labute approximate surface area is 165 Å². The summed E-state index contributed by atoms with van der Waals surface area (Å²) in [5, 5.41) is 13.2. The van der Waals surface area contributed by atoms with Crippen molar-refractivity contribution in [1.29, 1.82) is 0 Å². The Kier molecular flexibility index (Phi) is 5.38. The molecule has 0 spiro atoms. The Morgan fingerprint density at radius 3 is 2.61 bits per heavy atom. The molecule has 0 fully saturated rings. The topological polar surface area (TPSA) is 66.0 Å². The summed E-state index contributed by atoms with van der Waals surface area (Å²) < 4.78 is 26.5. The van der Waals surface area contributed by atoms with E-state index in [0.717, 1.165) is 17.1 Å². The molecule has 8 heteroatoms. The van der Waals surface area contributed by atoms with Crippen molar-refractivity contribution in [2.75, 3.05) is 0 Å². The third-order valence-corrected chi connectivity index (χ3v) is 4.90. The van der Waals surface area contributed by atoms with Crippen molar-refractivity contribution in [2.24, 2.45) is 0 Å². The van der Waals surface area contributed by atoms with E-state index in [2.05, 4.69) is 15.4 Å². The maximum absolute atomic E-state index is 13.8. The minimum atomic E-state index is -0.413. The Morgan fingerprint density at radius 2 is 1.86 bits per heavy atom. The number of rotatable bonds is 7. The van der Waals surface area contributed by atoms with Crippen molar-refractivity contribution < 1.29 is 13.7 Å². The van der Waals surface area contributed by atoms with Gasteiger partial charge in [0.05, 0.1) is 5.69 Å². The normalized spacial score (nSPS) is 10.9. The van der Waals surface area contributed by atoms with E-state index in [1.54, 1.807) is 18.2 Å². The predicted molar refractivity (Wildman–Crippen MR) is 103 cm³/mol. The van der Waals surface area contributed by atoms with Crippen molar-refractivity contribution in [3.8, 4) is 11.4 Å². The first-order valence-electron chi connectivity index (χ1n) is 8.63. The fourth-order valence-electron chi connectivity index (χ4n) is 2.65. The molecule has 2 aromatic carbocycles. The van der Waals surface area contributed by atoms with Gasteiger partial charge in [-0.15, -0.1) is 10.2 Å². The van der Waals surface area contributed by atoms with Gasteiger partial charge in [-0.2, -0.15) is 0 Å². The number of aromatic nitrogens is 4. The average molecular weight is 396 g/mol. The van der Waals surface area contributed by atoms with Crippen LogP contribution in [0.4, 0.5) is 4.39 Å². The highest BCUT2D eigenvalue weighted by atomic mass is 32.2. The van der Waals surface area contributed by atoms with Gasteiger partial charge in [0.2, 0.25) is 0 Å². The molecule has 0 N–H and O–H groups in total. The fraction of sp³-hybridized carbons (Fsp3) is 0.150. The molecule has 6 nitrogen and oxygen atoms in total. The highest BCUT2D eigenvalue weighted by Gasteiger charge is 2.16. The molecule has 0 amide bonds. The van der Waals surface area contributed by atoms with Crippen LogP contribution in [0.25, 0.3) is 5.69 Å². The second-order valence-electron chi connectivity index (χ2n) is 6.01. The van der Waals surface area contributed by atoms with Crippen LogP contribution in [0.15, 0.2) is 70.3 Å². The van der Waals surface area contributed by atoms with E-state index in [0.29, 0.717) is 16.7 Å². The molecule has 0 saturated carbocycles. The molecule has 0 aliphatic heterocycles. The third kappa shape index (κ3) is 4.07. The Balaban J connectivity index is 1.59. The standard InChI is InChI=1S/C20H17FN4O2S/c1-14-11-15(24-27-14)13-28-20-23-22-19(25(20)16-7-3-2-4-8-16)12-26-18-10-6-5-9-17(18)21/h2-11H,12-13H2,1H3. The number of thioether (sulfide) groups is 1. The largest absolute Gasteiger partial charge is 0.483 e. The van der Waals surface area contributed by atoms with Crippen LogP contribution < -0.4 is 4.74 Å². The summed E-state index contributed by atoms with van der Waals surface area (Å²) in [5.41, 5.74) is 1.73. The molecule has 0 aliphatic carbocycles. The first-order chi connectivity index (χ1) is 13.7. The van der Waals surface area contributed by atoms with Crippen molar-refractivity contribution in [3.63, 3.8) is 0 Å². The first kappa shape index (κ1) is 18.2. The Bertz CT molecular complexity index is 1070. The van der Waals surface area contributed by atoms with Crippen molar-refractivity contribution in [2.45, 2.75) is 24.4 Å². The Morgan fingerprint density at radius 1 is 1.07 bits per heavy atom. The maximum Gasteiger partial charge on any atom is 0.196 e. The maximum atomic E-state index is 13.8. The molecule has 28 heavy (non-hydrogen) atoms. The van der Waals surface area contributed by atoms with Crippen LogP contribution in [0.5, 0.6) is 5.75 Å².